The fraction of sp³-hybridized carbons (Fsp3) is 0.125. The Hall–Kier alpha value is -1.81. The minimum Gasteiger partial charge on any atom is -0.166 e. The topological polar surface area (TPSA) is 0 Å². The van der Waals surface area contributed by atoms with Crippen LogP contribution in [0.4, 0.5) is 13.2 Å². The Bertz CT molecular complexity index is 690. The van der Waals surface area contributed by atoms with Crippen molar-refractivity contribution in [2.24, 2.45) is 0 Å². The van der Waals surface area contributed by atoms with Crippen LogP contribution >= 0.6 is 11.3 Å². The molecule has 0 spiro atoms. The predicted molar refractivity (Wildman–Crippen MR) is 76.1 cm³/mol. The third kappa shape index (κ3) is 2.70. The third-order valence-electron chi connectivity index (χ3n) is 3.14. The molecule has 0 aliphatic heterocycles. The van der Waals surface area contributed by atoms with E-state index in [0.717, 1.165) is 22.6 Å². The molecule has 0 saturated heterocycles. The molecule has 0 aliphatic rings. The van der Waals surface area contributed by atoms with Crippen LogP contribution in [0.15, 0.2) is 54.6 Å². The maximum Gasteiger partial charge on any atom is 0.416 e. The van der Waals surface area contributed by atoms with Crippen molar-refractivity contribution in [3.8, 4) is 0 Å². The molecule has 3 aromatic rings. The molecule has 4 heteroatoms. The van der Waals surface area contributed by atoms with Gasteiger partial charge in [-0.1, -0.05) is 30.3 Å². The van der Waals surface area contributed by atoms with Gasteiger partial charge in [-0.15, -0.1) is 11.3 Å². The molecule has 20 heavy (non-hydrogen) atoms. The van der Waals surface area contributed by atoms with Crippen molar-refractivity contribution in [1.82, 2.24) is 0 Å². The highest BCUT2D eigenvalue weighted by molar-refractivity contribution is 7.19. The lowest BCUT2D eigenvalue weighted by Gasteiger charge is -2.06. The molecule has 0 radical (unpaired) electrons. The van der Waals surface area contributed by atoms with Crippen molar-refractivity contribution < 1.29 is 13.2 Å². The second-order valence-corrected chi connectivity index (χ2v) is 5.79. The Labute approximate surface area is 118 Å². The molecule has 1 heterocycles. The highest BCUT2D eigenvalue weighted by atomic mass is 32.1. The largest absolute Gasteiger partial charge is 0.416 e. The van der Waals surface area contributed by atoms with Crippen LogP contribution in [0.3, 0.4) is 0 Å². The summed E-state index contributed by atoms with van der Waals surface area (Å²) in [6, 6.07) is 15.5. The summed E-state index contributed by atoms with van der Waals surface area (Å²) in [7, 11) is 0. The van der Waals surface area contributed by atoms with Crippen LogP contribution in [0.5, 0.6) is 0 Å². The fourth-order valence-corrected chi connectivity index (χ4v) is 3.24. The van der Waals surface area contributed by atoms with E-state index in [9.17, 15) is 13.2 Å². The predicted octanol–water partition coefficient (Wildman–Crippen LogP) is 5.51. The highest BCUT2D eigenvalue weighted by Gasteiger charge is 2.29. The van der Waals surface area contributed by atoms with Crippen molar-refractivity contribution in [1.29, 1.82) is 0 Å². The van der Waals surface area contributed by atoms with Gasteiger partial charge in [-0.3, -0.25) is 0 Å². The average Bonchev–Trinajstić information content (AvgIpc) is 2.80. The van der Waals surface area contributed by atoms with Crippen LogP contribution in [-0.2, 0) is 12.6 Å². The first kappa shape index (κ1) is 13.2. The van der Waals surface area contributed by atoms with Crippen molar-refractivity contribution in [3.05, 3.63) is 70.6 Å². The van der Waals surface area contributed by atoms with E-state index in [2.05, 4.69) is 12.1 Å². The Morgan fingerprint density at radius 1 is 0.900 bits per heavy atom. The van der Waals surface area contributed by atoms with Crippen LogP contribution in [0.1, 0.15) is 16.0 Å². The molecule has 0 bridgehead atoms. The zero-order valence-corrected chi connectivity index (χ0v) is 11.3. The standard InChI is InChI=1S/C16H11F3S/c17-16(18,19)13-7-5-11(6-8-13)9-14-10-12-3-1-2-4-15(12)20-14/h1-8,10H,9H2. The summed E-state index contributed by atoms with van der Waals surface area (Å²) in [6.45, 7) is 0. The molecule has 0 aliphatic carbocycles. The van der Waals surface area contributed by atoms with Crippen molar-refractivity contribution >= 4 is 21.4 Å². The number of fused-ring (bicyclic) bond motifs is 1. The molecule has 1 aromatic heterocycles. The lowest BCUT2D eigenvalue weighted by atomic mass is 10.1. The van der Waals surface area contributed by atoms with E-state index in [4.69, 9.17) is 0 Å². The van der Waals surface area contributed by atoms with Gasteiger partial charge in [0.1, 0.15) is 0 Å². The average molecular weight is 292 g/mol. The van der Waals surface area contributed by atoms with Crippen molar-refractivity contribution in [2.45, 2.75) is 12.6 Å². The number of hydrogen-bond donors (Lipinski definition) is 0. The fourth-order valence-electron chi connectivity index (χ4n) is 2.14. The Morgan fingerprint density at radius 3 is 2.25 bits per heavy atom. The van der Waals surface area contributed by atoms with Gasteiger partial charge in [-0.05, 0) is 35.2 Å². The minimum absolute atomic E-state index is 0.599. The zero-order valence-electron chi connectivity index (χ0n) is 10.4. The van der Waals surface area contributed by atoms with Crippen LogP contribution in [-0.4, -0.2) is 0 Å². The maximum atomic E-state index is 12.5. The molecule has 0 N–H and O–H groups in total. The van der Waals surface area contributed by atoms with Crippen LogP contribution in [0.2, 0.25) is 0 Å². The van der Waals surface area contributed by atoms with Gasteiger partial charge in [0.15, 0.2) is 0 Å². The maximum absolute atomic E-state index is 12.5. The van der Waals surface area contributed by atoms with E-state index in [1.807, 2.05) is 18.2 Å². The molecule has 0 atom stereocenters. The van der Waals surface area contributed by atoms with Crippen LogP contribution in [0.25, 0.3) is 10.1 Å². The SMILES string of the molecule is FC(F)(F)c1ccc(Cc2cc3ccccc3s2)cc1. The smallest absolute Gasteiger partial charge is 0.166 e. The second kappa shape index (κ2) is 4.94. The molecule has 102 valence electrons. The normalized spacial score (nSPS) is 11.9. The summed E-state index contributed by atoms with van der Waals surface area (Å²) in [5.74, 6) is 0. The van der Waals surface area contributed by atoms with E-state index in [0.29, 0.717) is 6.42 Å². The number of alkyl halides is 3. The van der Waals surface area contributed by atoms with E-state index >= 15 is 0 Å². The van der Waals surface area contributed by atoms with Gasteiger partial charge in [0, 0.05) is 16.0 Å². The molecule has 0 amide bonds. The lowest BCUT2D eigenvalue weighted by molar-refractivity contribution is -0.137. The summed E-state index contributed by atoms with van der Waals surface area (Å²) >= 11 is 1.68. The third-order valence-corrected chi connectivity index (χ3v) is 4.25. The van der Waals surface area contributed by atoms with Crippen molar-refractivity contribution in [3.63, 3.8) is 0 Å². The molecular weight excluding hydrogens is 281 g/mol. The Balaban J connectivity index is 1.84. The number of halogens is 3. The first-order chi connectivity index (χ1) is 9.52. The van der Waals surface area contributed by atoms with Gasteiger partial charge in [-0.25, -0.2) is 0 Å². The molecule has 2 aromatic carbocycles. The van der Waals surface area contributed by atoms with Gasteiger partial charge in [-0.2, -0.15) is 13.2 Å². The lowest BCUT2D eigenvalue weighted by Crippen LogP contribution is -2.04. The van der Waals surface area contributed by atoms with E-state index < -0.39 is 11.7 Å². The molecule has 3 rings (SSSR count). The van der Waals surface area contributed by atoms with Gasteiger partial charge in [0.2, 0.25) is 0 Å². The monoisotopic (exact) mass is 292 g/mol. The number of rotatable bonds is 2. The summed E-state index contributed by atoms with van der Waals surface area (Å²) in [5.41, 5.74) is 0.294. The Kier molecular flexibility index (Phi) is 3.26. The Morgan fingerprint density at radius 2 is 1.60 bits per heavy atom. The number of hydrogen-bond acceptors (Lipinski definition) is 1. The molecule has 0 nitrogen and oxygen atoms in total. The van der Waals surface area contributed by atoms with Crippen molar-refractivity contribution in [2.75, 3.05) is 0 Å². The van der Waals surface area contributed by atoms with Crippen LogP contribution < -0.4 is 0 Å². The van der Waals surface area contributed by atoms with Gasteiger partial charge < -0.3 is 0 Å². The number of benzene rings is 2. The van der Waals surface area contributed by atoms with Gasteiger partial charge in [0.05, 0.1) is 5.56 Å². The number of thiophene rings is 1. The minimum atomic E-state index is -4.27. The second-order valence-electron chi connectivity index (χ2n) is 4.62. The highest BCUT2D eigenvalue weighted by Crippen LogP contribution is 2.30. The van der Waals surface area contributed by atoms with Gasteiger partial charge in [0.25, 0.3) is 0 Å². The first-order valence-electron chi connectivity index (χ1n) is 6.16. The van der Waals surface area contributed by atoms with E-state index in [-0.39, 0.29) is 0 Å². The summed E-state index contributed by atoms with van der Waals surface area (Å²) < 4.78 is 38.7. The van der Waals surface area contributed by atoms with Gasteiger partial charge >= 0.3 is 6.18 Å². The summed E-state index contributed by atoms with van der Waals surface area (Å²) in [5, 5.41) is 1.18. The molecular formula is C16H11F3S. The molecule has 0 saturated carbocycles. The molecule has 0 unspecified atom stereocenters. The zero-order chi connectivity index (χ0) is 14.2. The summed E-state index contributed by atoms with van der Waals surface area (Å²) in [6.07, 6.45) is -3.60. The quantitative estimate of drug-likeness (QED) is 0.584. The first-order valence-corrected chi connectivity index (χ1v) is 6.97. The summed E-state index contributed by atoms with van der Waals surface area (Å²) in [4.78, 5) is 1.16. The molecule has 0 fully saturated rings. The van der Waals surface area contributed by atoms with E-state index in [1.54, 1.807) is 23.5 Å². The van der Waals surface area contributed by atoms with E-state index in [1.165, 1.54) is 10.1 Å². The van der Waals surface area contributed by atoms with Crippen LogP contribution in [0, 0.1) is 0 Å².